The highest BCUT2D eigenvalue weighted by Gasteiger charge is 2.18. The van der Waals surface area contributed by atoms with Gasteiger partial charge in [0.2, 0.25) is 5.91 Å². The molecule has 3 N–H and O–H groups in total. The van der Waals surface area contributed by atoms with Gasteiger partial charge in [0, 0.05) is 18.6 Å². The molecule has 0 aliphatic carbocycles. The molecule has 0 bridgehead atoms. The molecule has 0 aliphatic rings. The van der Waals surface area contributed by atoms with E-state index in [-0.39, 0.29) is 30.0 Å². The molecule has 1 atom stereocenters. The molecule has 22 heavy (non-hydrogen) atoms. The number of aliphatic carboxylic acids is 1. The summed E-state index contributed by atoms with van der Waals surface area (Å²) in [4.78, 5) is 32.8. The Morgan fingerprint density at radius 1 is 1.36 bits per heavy atom. The van der Waals surface area contributed by atoms with Crippen molar-refractivity contribution >= 4 is 23.3 Å². The molecule has 1 aromatic rings. The number of hydrogen-bond acceptors (Lipinski definition) is 5. The number of carboxylic acids is 1. The minimum absolute atomic E-state index is 0.0426. The lowest BCUT2D eigenvalue weighted by Gasteiger charge is -2.11. The number of nitrogens with zero attached hydrogens (tertiary/aromatic N) is 1. The predicted molar refractivity (Wildman–Crippen MR) is 78.7 cm³/mol. The maximum atomic E-state index is 11.8. The lowest BCUT2D eigenvalue weighted by molar-refractivity contribution is -0.384. The van der Waals surface area contributed by atoms with Crippen LogP contribution >= 0.6 is 0 Å². The molecule has 8 nitrogen and oxygen atoms in total. The first kappa shape index (κ1) is 17.4. The molecule has 0 aliphatic heterocycles. The van der Waals surface area contributed by atoms with Gasteiger partial charge in [0.15, 0.2) is 0 Å². The lowest BCUT2D eigenvalue weighted by atomic mass is 9.98. The molecule has 1 aromatic carbocycles. The fraction of sp³-hybridized carbons (Fsp3) is 0.429. The van der Waals surface area contributed by atoms with E-state index >= 15 is 0 Å². The number of anilines is 1. The summed E-state index contributed by atoms with van der Waals surface area (Å²) in [5, 5.41) is 31.6. The molecule has 0 heterocycles. The normalized spacial score (nSPS) is 11.7. The minimum Gasteiger partial charge on any atom is -0.506 e. The van der Waals surface area contributed by atoms with E-state index in [2.05, 4.69) is 5.32 Å². The van der Waals surface area contributed by atoms with Gasteiger partial charge in [0.05, 0.1) is 16.5 Å². The molecule has 0 fully saturated rings. The number of nitro groups is 1. The summed E-state index contributed by atoms with van der Waals surface area (Å²) in [6.07, 6.45) is 1.30. The Balaban J connectivity index is 2.67. The van der Waals surface area contributed by atoms with Crippen LogP contribution in [0.2, 0.25) is 0 Å². The largest absolute Gasteiger partial charge is 0.506 e. The quantitative estimate of drug-likeness (QED) is 0.384. The average molecular weight is 310 g/mol. The highest BCUT2D eigenvalue weighted by Crippen LogP contribution is 2.28. The van der Waals surface area contributed by atoms with Gasteiger partial charge < -0.3 is 15.5 Å². The number of nitro benzene ring substituents is 1. The van der Waals surface area contributed by atoms with Crippen LogP contribution < -0.4 is 5.32 Å². The van der Waals surface area contributed by atoms with Crippen molar-refractivity contribution < 1.29 is 24.7 Å². The Kier molecular flexibility index (Phi) is 6.30. The number of hydrogen-bond donors (Lipinski definition) is 3. The van der Waals surface area contributed by atoms with Crippen molar-refractivity contribution in [3.63, 3.8) is 0 Å². The van der Waals surface area contributed by atoms with E-state index in [9.17, 15) is 24.8 Å². The average Bonchev–Trinajstić information content (AvgIpc) is 2.45. The van der Waals surface area contributed by atoms with Gasteiger partial charge in [-0.25, -0.2) is 0 Å². The van der Waals surface area contributed by atoms with Gasteiger partial charge >= 0.3 is 5.97 Å². The number of non-ortho nitro benzene ring substituents is 1. The zero-order valence-electron chi connectivity index (χ0n) is 12.1. The number of carboxylic acid groups (broad SMARTS) is 1. The second kappa shape index (κ2) is 7.96. The monoisotopic (exact) mass is 310 g/mol. The number of phenols is 1. The van der Waals surface area contributed by atoms with Crippen LogP contribution in [-0.2, 0) is 9.59 Å². The van der Waals surface area contributed by atoms with Crippen LogP contribution in [0.3, 0.4) is 0 Å². The Labute approximate surface area is 126 Å². The Morgan fingerprint density at radius 2 is 2.05 bits per heavy atom. The minimum atomic E-state index is -0.951. The molecule has 1 rings (SSSR count). The van der Waals surface area contributed by atoms with Gasteiger partial charge in [-0.1, -0.05) is 13.3 Å². The number of amides is 1. The zero-order chi connectivity index (χ0) is 16.7. The summed E-state index contributed by atoms with van der Waals surface area (Å²) in [6, 6.07) is 3.28. The summed E-state index contributed by atoms with van der Waals surface area (Å²) in [6.45, 7) is 1.86. The van der Waals surface area contributed by atoms with E-state index in [0.29, 0.717) is 12.8 Å². The summed E-state index contributed by atoms with van der Waals surface area (Å²) in [5.74, 6) is -2.34. The van der Waals surface area contributed by atoms with Crippen molar-refractivity contribution in [1.82, 2.24) is 0 Å². The van der Waals surface area contributed by atoms with Crippen molar-refractivity contribution in [2.45, 2.75) is 32.6 Å². The summed E-state index contributed by atoms with van der Waals surface area (Å²) < 4.78 is 0. The Morgan fingerprint density at radius 3 is 2.59 bits per heavy atom. The van der Waals surface area contributed by atoms with Crippen molar-refractivity contribution in [3.05, 3.63) is 28.3 Å². The highest BCUT2D eigenvalue weighted by molar-refractivity contribution is 5.92. The van der Waals surface area contributed by atoms with Crippen LogP contribution in [0.1, 0.15) is 32.6 Å². The molecule has 0 radical (unpaired) electrons. The van der Waals surface area contributed by atoms with Crippen molar-refractivity contribution in [1.29, 1.82) is 0 Å². The first-order valence-corrected chi connectivity index (χ1v) is 6.85. The second-order valence-corrected chi connectivity index (χ2v) is 4.87. The maximum absolute atomic E-state index is 11.8. The van der Waals surface area contributed by atoms with E-state index < -0.39 is 22.7 Å². The van der Waals surface area contributed by atoms with E-state index in [1.165, 1.54) is 0 Å². The first-order valence-electron chi connectivity index (χ1n) is 6.85. The molecular formula is C14H18N2O6. The number of phenolic OH excluding ortho intramolecular Hbond substituents is 1. The van der Waals surface area contributed by atoms with Crippen LogP contribution in [0.25, 0.3) is 0 Å². The van der Waals surface area contributed by atoms with Gasteiger partial charge in [-0.2, -0.15) is 0 Å². The molecular weight excluding hydrogens is 292 g/mol. The van der Waals surface area contributed by atoms with Crippen molar-refractivity contribution in [3.8, 4) is 5.75 Å². The standard InChI is InChI=1S/C14H18N2O6/c1-2-3-9(14(19)20)4-7-13(18)15-11-8-10(16(21)22)5-6-12(11)17/h5-6,8-9,17H,2-4,7H2,1H3,(H,15,18)(H,19,20)/t9-/m1/s1. The molecule has 0 unspecified atom stereocenters. The first-order chi connectivity index (χ1) is 10.3. The van der Waals surface area contributed by atoms with Gasteiger partial charge in [-0.05, 0) is 18.9 Å². The molecule has 0 aromatic heterocycles. The third-order valence-corrected chi connectivity index (χ3v) is 3.17. The van der Waals surface area contributed by atoms with Gasteiger partial charge in [0.1, 0.15) is 5.75 Å². The molecule has 0 saturated heterocycles. The molecule has 1 amide bonds. The molecule has 120 valence electrons. The van der Waals surface area contributed by atoms with Crippen molar-refractivity contribution in [2.75, 3.05) is 5.32 Å². The lowest BCUT2D eigenvalue weighted by Crippen LogP contribution is -2.18. The van der Waals surface area contributed by atoms with E-state index in [0.717, 1.165) is 18.2 Å². The Bertz CT molecular complexity index is 572. The van der Waals surface area contributed by atoms with Crippen LogP contribution in [0.5, 0.6) is 5.75 Å². The molecule has 8 heteroatoms. The predicted octanol–water partition coefficient (Wildman–Crippen LogP) is 2.52. The summed E-state index contributed by atoms with van der Waals surface area (Å²) in [7, 11) is 0. The van der Waals surface area contributed by atoms with Crippen molar-refractivity contribution in [2.24, 2.45) is 5.92 Å². The highest BCUT2D eigenvalue weighted by atomic mass is 16.6. The van der Waals surface area contributed by atoms with Crippen LogP contribution in [0, 0.1) is 16.0 Å². The van der Waals surface area contributed by atoms with Crippen LogP contribution in [-0.4, -0.2) is 27.0 Å². The fourth-order valence-corrected chi connectivity index (χ4v) is 2.00. The van der Waals surface area contributed by atoms with E-state index in [1.807, 2.05) is 6.92 Å². The van der Waals surface area contributed by atoms with E-state index in [1.54, 1.807) is 0 Å². The van der Waals surface area contributed by atoms with Crippen LogP contribution in [0.15, 0.2) is 18.2 Å². The zero-order valence-corrected chi connectivity index (χ0v) is 12.1. The number of nitrogens with one attached hydrogen (secondary N) is 1. The summed E-state index contributed by atoms with van der Waals surface area (Å²) in [5.41, 5.74) is -0.330. The number of carbonyl (C=O) groups excluding carboxylic acids is 1. The molecule has 0 saturated carbocycles. The van der Waals surface area contributed by atoms with E-state index in [4.69, 9.17) is 5.11 Å². The van der Waals surface area contributed by atoms with Gasteiger partial charge in [0.25, 0.3) is 5.69 Å². The molecule has 0 spiro atoms. The van der Waals surface area contributed by atoms with Gasteiger partial charge in [-0.3, -0.25) is 19.7 Å². The SMILES string of the molecule is CCC[C@H](CCC(=O)Nc1cc([N+](=O)[O-])ccc1O)C(=O)O. The van der Waals surface area contributed by atoms with Crippen LogP contribution in [0.4, 0.5) is 11.4 Å². The third-order valence-electron chi connectivity index (χ3n) is 3.17. The smallest absolute Gasteiger partial charge is 0.306 e. The number of aromatic hydroxyl groups is 1. The second-order valence-electron chi connectivity index (χ2n) is 4.87. The topological polar surface area (TPSA) is 130 Å². The fourth-order valence-electron chi connectivity index (χ4n) is 2.00. The van der Waals surface area contributed by atoms with Gasteiger partial charge in [-0.15, -0.1) is 0 Å². The third kappa shape index (κ3) is 5.04. The number of benzene rings is 1. The number of carbonyl (C=O) groups is 2. The number of rotatable bonds is 8. The maximum Gasteiger partial charge on any atom is 0.306 e. The summed E-state index contributed by atoms with van der Waals surface area (Å²) >= 11 is 0. The Hall–Kier alpha value is -2.64.